The van der Waals surface area contributed by atoms with Crippen LogP contribution in [-0.2, 0) is 19.1 Å². The van der Waals surface area contributed by atoms with E-state index < -0.39 is 17.6 Å². The minimum Gasteiger partial charge on any atom is -0.384 e. The third-order valence-corrected chi connectivity index (χ3v) is 6.46. The Hall–Kier alpha value is -3.66. The number of carbonyl (C=O) groups excluding carboxylic acids is 1. The monoisotopic (exact) mass is 511 g/mol. The maximum absolute atomic E-state index is 13.5. The molecule has 1 amide bonds. The molecule has 3 N–H and O–H groups in total. The van der Waals surface area contributed by atoms with E-state index in [-0.39, 0.29) is 23.6 Å². The van der Waals surface area contributed by atoms with E-state index in [0.717, 1.165) is 33.0 Å². The molecular weight excluding hydrogens is 487 g/mol. The third kappa shape index (κ3) is 5.59. The second kappa shape index (κ2) is 10.1. The van der Waals surface area contributed by atoms with Gasteiger partial charge in [-0.1, -0.05) is 0 Å². The number of hydrogen-bond donors (Lipinski definition) is 2. The molecule has 3 aromatic heterocycles. The zero-order chi connectivity index (χ0) is 26.0. The molecule has 0 spiro atoms. The molecule has 0 fully saturated rings. The van der Waals surface area contributed by atoms with Gasteiger partial charge in [0, 0.05) is 58.2 Å². The number of nitrogen functional groups attached to an aromatic ring is 1. The summed E-state index contributed by atoms with van der Waals surface area (Å²) in [5.74, 6) is -0.732. The number of rotatable bonds is 6. The van der Waals surface area contributed by atoms with Crippen molar-refractivity contribution in [1.82, 2.24) is 20.3 Å². The smallest absolute Gasteiger partial charge is 0.384 e. The molecule has 0 atom stereocenters. The van der Waals surface area contributed by atoms with Gasteiger partial charge in [-0.3, -0.25) is 14.8 Å². The van der Waals surface area contributed by atoms with Gasteiger partial charge >= 0.3 is 6.18 Å². The number of aromatic nitrogens is 3. The van der Waals surface area contributed by atoms with Gasteiger partial charge < -0.3 is 11.1 Å². The first kappa shape index (κ1) is 25.4. The molecule has 186 valence electrons. The van der Waals surface area contributed by atoms with Gasteiger partial charge in [0.25, 0.3) is 5.91 Å². The summed E-state index contributed by atoms with van der Waals surface area (Å²) in [6.45, 7) is 3.08. The number of nitrogens with zero attached hydrogens (tertiary/aromatic N) is 3. The molecule has 6 nitrogen and oxygen atoms in total. The van der Waals surface area contributed by atoms with Crippen molar-refractivity contribution in [2.24, 2.45) is 0 Å². The number of halogens is 3. The number of fused-ring (bicyclic) bond motifs is 1. The Balaban J connectivity index is 1.55. The van der Waals surface area contributed by atoms with Gasteiger partial charge in [0.2, 0.25) is 0 Å². The predicted octanol–water partition coefficient (Wildman–Crippen LogP) is 5.49. The second-order valence-corrected chi connectivity index (χ2v) is 9.28. The first-order chi connectivity index (χ1) is 17.0. The fourth-order valence-corrected chi connectivity index (χ4v) is 4.67. The van der Waals surface area contributed by atoms with Crippen LogP contribution in [0.3, 0.4) is 0 Å². The van der Waals surface area contributed by atoms with Crippen molar-refractivity contribution < 1.29 is 18.0 Å². The Kier molecular flexibility index (Phi) is 7.16. The lowest BCUT2D eigenvalue weighted by Gasteiger charge is -2.16. The van der Waals surface area contributed by atoms with E-state index >= 15 is 0 Å². The highest BCUT2D eigenvalue weighted by atomic mass is 32.2. The largest absolute Gasteiger partial charge is 0.416 e. The highest BCUT2D eigenvalue weighted by molar-refractivity contribution is 7.98. The van der Waals surface area contributed by atoms with E-state index in [1.165, 1.54) is 19.2 Å². The summed E-state index contributed by atoms with van der Waals surface area (Å²) in [5.41, 5.74) is 8.56. The van der Waals surface area contributed by atoms with Crippen LogP contribution in [0.15, 0.2) is 53.7 Å². The van der Waals surface area contributed by atoms with Crippen LogP contribution >= 0.6 is 11.8 Å². The van der Waals surface area contributed by atoms with Crippen LogP contribution < -0.4 is 11.1 Å². The van der Waals surface area contributed by atoms with E-state index in [1.807, 2.05) is 19.4 Å². The minimum atomic E-state index is -4.62. The van der Waals surface area contributed by atoms with Crippen LogP contribution in [-0.4, -0.2) is 27.1 Å². The van der Waals surface area contributed by atoms with Crippen molar-refractivity contribution in [3.05, 3.63) is 88.0 Å². The van der Waals surface area contributed by atoms with Crippen LogP contribution in [0.2, 0.25) is 0 Å². The molecule has 0 bridgehead atoms. The lowest BCUT2D eigenvalue weighted by atomic mass is 10.0. The fraction of sp³-hybridized carbons (Fsp3) is 0.231. The lowest BCUT2D eigenvalue weighted by Crippen LogP contribution is -2.26. The number of anilines is 1. The van der Waals surface area contributed by atoms with E-state index in [1.54, 1.807) is 17.8 Å². The Morgan fingerprint density at radius 1 is 1.11 bits per heavy atom. The average Bonchev–Trinajstić information content (AvgIpc) is 2.81. The van der Waals surface area contributed by atoms with Crippen molar-refractivity contribution in [3.8, 4) is 0 Å². The number of hydrogen-bond acceptors (Lipinski definition) is 6. The molecule has 0 aliphatic heterocycles. The summed E-state index contributed by atoms with van der Waals surface area (Å²) < 4.78 is 40.4. The molecule has 0 saturated carbocycles. The molecule has 4 aromatic rings. The molecule has 0 radical (unpaired) electrons. The van der Waals surface area contributed by atoms with Crippen molar-refractivity contribution in [2.45, 2.75) is 37.9 Å². The second-order valence-electron chi connectivity index (χ2n) is 8.43. The molecule has 0 aliphatic carbocycles. The van der Waals surface area contributed by atoms with E-state index in [9.17, 15) is 18.0 Å². The summed E-state index contributed by atoms with van der Waals surface area (Å²) in [6.07, 6.45) is 1.22. The molecule has 0 saturated heterocycles. The van der Waals surface area contributed by atoms with Crippen LogP contribution in [0.4, 0.5) is 19.0 Å². The Bertz CT molecular complexity index is 1460. The molecule has 36 heavy (non-hydrogen) atoms. The molecule has 0 aliphatic rings. The quantitative estimate of drug-likeness (QED) is 0.333. The van der Waals surface area contributed by atoms with Crippen LogP contribution in [0.5, 0.6) is 0 Å². The standard InChI is InChI=1S/C26H24F3N5OS/c1-14-6-18-7-16(9-22(36-3)24(18)32-12-14)8-19-10-17(4-5-31-19)25(35)33-13-20-15(2)34-23(30)11-21(20)26(27,28)29/h4-7,9-12H,8,13H2,1-3H3,(H2,30,34)(H,33,35). The maximum atomic E-state index is 13.5. The number of benzene rings is 1. The number of pyridine rings is 3. The number of thioether (sulfide) groups is 1. The SMILES string of the molecule is CSc1cc(Cc2cc(C(=O)NCc3c(C(F)(F)F)cc(N)nc3C)ccn2)cc2cc(C)cnc12. The first-order valence-electron chi connectivity index (χ1n) is 11.0. The van der Waals surface area contributed by atoms with Crippen molar-refractivity contribution in [1.29, 1.82) is 0 Å². The average molecular weight is 512 g/mol. The normalized spacial score (nSPS) is 11.6. The van der Waals surface area contributed by atoms with Gasteiger partial charge in [-0.05, 0) is 67.6 Å². The Morgan fingerprint density at radius 2 is 1.89 bits per heavy atom. The number of carbonyl (C=O) groups is 1. The highest BCUT2D eigenvalue weighted by Gasteiger charge is 2.34. The maximum Gasteiger partial charge on any atom is 0.416 e. The predicted molar refractivity (Wildman–Crippen MR) is 135 cm³/mol. The van der Waals surface area contributed by atoms with E-state index in [4.69, 9.17) is 5.73 Å². The zero-order valence-corrected chi connectivity index (χ0v) is 20.7. The number of alkyl halides is 3. The van der Waals surface area contributed by atoms with Crippen molar-refractivity contribution in [2.75, 3.05) is 12.0 Å². The van der Waals surface area contributed by atoms with Crippen molar-refractivity contribution in [3.63, 3.8) is 0 Å². The number of nitrogens with two attached hydrogens (primary N) is 1. The molecule has 1 aromatic carbocycles. The van der Waals surface area contributed by atoms with Crippen LogP contribution in [0.1, 0.15) is 44.0 Å². The number of amides is 1. The molecule has 10 heteroatoms. The Morgan fingerprint density at radius 3 is 2.61 bits per heavy atom. The summed E-state index contributed by atoms with van der Waals surface area (Å²) >= 11 is 1.61. The zero-order valence-electron chi connectivity index (χ0n) is 19.9. The highest BCUT2D eigenvalue weighted by Crippen LogP contribution is 2.34. The Labute approximate surface area is 210 Å². The van der Waals surface area contributed by atoms with Gasteiger partial charge in [0.1, 0.15) is 5.82 Å². The summed E-state index contributed by atoms with van der Waals surface area (Å²) in [4.78, 5) is 26.7. The number of aryl methyl sites for hydroxylation is 2. The molecule has 0 unspecified atom stereocenters. The van der Waals surface area contributed by atoms with Crippen LogP contribution in [0, 0.1) is 13.8 Å². The van der Waals surface area contributed by atoms with Gasteiger partial charge in [0.15, 0.2) is 0 Å². The summed E-state index contributed by atoms with van der Waals surface area (Å²) in [6, 6.07) is 10.1. The van der Waals surface area contributed by atoms with Gasteiger partial charge in [-0.15, -0.1) is 11.8 Å². The molecule has 4 rings (SSSR count). The topological polar surface area (TPSA) is 93.8 Å². The van der Waals surface area contributed by atoms with Gasteiger partial charge in [-0.25, -0.2) is 4.98 Å². The number of nitrogens with one attached hydrogen (secondary N) is 1. The summed E-state index contributed by atoms with van der Waals surface area (Å²) in [5, 5.41) is 3.60. The lowest BCUT2D eigenvalue weighted by molar-refractivity contribution is -0.138. The first-order valence-corrected chi connectivity index (χ1v) is 12.3. The summed E-state index contributed by atoms with van der Waals surface area (Å²) in [7, 11) is 0. The van der Waals surface area contributed by atoms with Gasteiger partial charge in [-0.2, -0.15) is 13.2 Å². The van der Waals surface area contributed by atoms with E-state index in [0.29, 0.717) is 17.7 Å². The fourth-order valence-electron chi connectivity index (χ4n) is 4.04. The minimum absolute atomic E-state index is 0.115. The van der Waals surface area contributed by atoms with Crippen LogP contribution in [0.25, 0.3) is 10.9 Å². The van der Waals surface area contributed by atoms with Gasteiger partial charge in [0.05, 0.1) is 11.1 Å². The van der Waals surface area contributed by atoms with E-state index in [2.05, 4.69) is 38.5 Å². The molecular formula is C26H24F3N5OS. The third-order valence-electron chi connectivity index (χ3n) is 5.71. The van der Waals surface area contributed by atoms with Crippen molar-refractivity contribution >= 4 is 34.4 Å². The molecule has 3 heterocycles.